The van der Waals surface area contributed by atoms with Crippen molar-refractivity contribution in [2.45, 2.75) is 26.2 Å². The van der Waals surface area contributed by atoms with Gasteiger partial charge >= 0.3 is 0 Å². The van der Waals surface area contributed by atoms with Gasteiger partial charge in [-0.15, -0.1) is 0 Å². The molecule has 94 valence electrons. The molecule has 1 aromatic rings. The maximum atomic E-state index is 7.67. The second-order valence-corrected chi connectivity index (χ2v) is 5.83. The number of hydrogen-bond acceptors (Lipinski definition) is 2. The minimum Gasteiger partial charge on any atom is -0.387 e. The van der Waals surface area contributed by atoms with E-state index in [-0.39, 0.29) is 11.8 Å². The number of thioether (sulfide) groups is 1. The van der Waals surface area contributed by atoms with Crippen LogP contribution in [0.4, 0.5) is 0 Å². The fourth-order valence-electron chi connectivity index (χ4n) is 1.57. The molecule has 2 nitrogen and oxygen atoms in total. The summed E-state index contributed by atoms with van der Waals surface area (Å²) in [6.07, 6.45) is 1.23. The third-order valence-electron chi connectivity index (χ3n) is 2.70. The van der Waals surface area contributed by atoms with E-state index in [2.05, 4.69) is 26.0 Å². The predicted molar refractivity (Wildman–Crippen MR) is 77.9 cm³/mol. The van der Waals surface area contributed by atoms with E-state index < -0.39 is 0 Å². The van der Waals surface area contributed by atoms with Crippen molar-refractivity contribution in [1.82, 2.24) is 0 Å². The van der Waals surface area contributed by atoms with E-state index in [1.807, 2.05) is 30.0 Å². The van der Waals surface area contributed by atoms with Gasteiger partial charge in [-0.25, -0.2) is 0 Å². The largest absolute Gasteiger partial charge is 0.387 e. The highest BCUT2D eigenvalue weighted by Crippen LogP contribution is 2.21. The van der Waals surface area contributed by atoms with Crippen LogP contribution in [0.1, 0.15) is 31.7 Å². The van der Waals surface area contributed by atoms with Crippen LogP contribution in [0.3, 0.4) is 0 Å². The van der Waals surface area contributed by atoms with Crippen molar-refractivity contribution >= 4 is 17.6 Å². The zero-order valence-corrected chi connectivity index (χ0v) is 11.5. The minimum absolute atomic E-state index is 0.0633. The fourth-order valence-corrected chi connectivity index (χ4v) is 2.98. The maximum Gasteiger partial charge on any atom is 0.0990 e. The van der Waals surface area contributed by atoms with Crippen LogP contribution >= 0.6 is 11.8 Å². The lowest BCUT2D eigenvalue weighted by Crippen LogP contribution is -2.22. The van der Waals surface area contributed by atoms with Crippen LogP contribution in [-0.4, -0.2) is 17.3 Å². The third-order valence-corrected chi connectivity index (χ3v) is 3.79. The van der Waals surface area contributed by atoms with Gasteiger partial charge in [-0.2, -0.15) is 11.8 Å². The van der Waals surface area contributed by atoms with Gasteiger partial charge in [0.05, 0.1) is 5.84 Å². The Bertz CT molecular complexity index is 335. The molecule has 0 fully saturated rings. The van der Waals surface area contributed by atoms with E-state index in [4.69, 9.17) is 11.1 Å². The first kappa shape index (κ1) is 14.1. The number of rotatable bonds is 7. The van der Waals surface area contributed by atoms with Gasteiger partial charge in [0, 0.05) is 11.7 Å². The van der Waals surface area contributed by atoms with Crippen LogP contribution in [0.15, 0.2) is 30.3 Å². The van der Waals surface area contributed by atoms with E-state index in [1.165, 1.54) is 6.42 Å². The smallest absolute Gasteiger partial charge is 0.0990 e. The van der Waals surface area contributed by atoms with Crippen LogP contribution in [0.25, 0.3) is 0 Å². The molecule has 1 atom stereocenters. The summed E-state index contributed by atoms with van der Waals surface area (Å²) in [7, 11) is 0. The topological polar surface area (TPSA) is 49.9 Å². The van der Waals surface area contributed by atoms with Crippen molar-refractivity contribution in [1.29, 1.82) is 5.41 Å². The molecule has 0 bridgehead atoms. The SMILES string of the molecule is CC(C)CCSCC(C(=N)N)c1ccccc1. The lowest BCUT2D eigenvalue weighted by atomic mass is 10.0. The highest BCUT2D eigenvalue weighted by atomic mass is 32.2. The third kappa shape index (κ3) is 5.26. The Labute approximate surface area is 108 Å². The van der Waals surface area contributed by atoms with Gasteiger partial charge in [-0.05, 0) is 23.7 Å². The molecular weight excluding hydrogens is 228 g/mol. The lowest BCUT2D eigenvalue weighted by molar-refractivity contribution is 0.632. The molecule has 1 rings (SSSR count). The molecule has 3 N–H and O–H groups in total. The zero-order chi connectivity index (χ0) is 12.7. The Morgan fingerprint density at radius 3 is 2.47 bits per heavy atom. The summed E-state index contributed by atoms with van der Waals surface area (Å²) in [5.74, 6) is 3.14. The van der Waals surface area contributed by atoms with Crippen molar-refractivity contribution in [3.8, 4) is 0 Å². The second kappa shape index (κ2) is 7.38. The summed E-state index contributed by atoms with van der Waals surface area (Å²) < 4.78 is 0. The van der Waals surface area contributed by atoms with Crippen molar-refractivity contribution in [3.63, 3.8) is 0 Å². The molecule has 1 unspecified atom stereocenters. The molecule has 0 heterocycles. The van der Waals surface area contributed by atoms with E-state index >= 15 is 0 Å². The quantitative estimate of drug-likeness (QED) is 0.442. The summed E-state index contributed by atoms with van der Waals surface area (Å²) in [5, 5.41) is 7.67. The second-order valence-electron chi connectivity index (χ2n) is 4.68. The Morgan fingerprint density at radius 2 is 1.94 bits per heavy atom. The monoisotopic (exact) mass is 250 g/mol. The van der Waals surface area contributed by atoms with Gasteiger partial charge in [-0.1, -0.05) is 44.2 Å². The molecule has 3 heteroatoms. The van der Waals surface area contributed by atoms with E-state index in [9.17, 15) is 0 Å². The molecule has 0 aromatic heterocycles. The molecule has 0 aliphatic carbocycles. The molecule has 0 aliphatic heterocycles. The summed E-state index contributed by atoms with van der Waals surface area (Å²) in [4.78, 5) is 0. The Kier molecular flexibility index (Phi) is 6.12. The lowest BCUT2D eigenvalue weighted by Gasteiger charge is -2.15. The average Bonchev–Trinajstić information content (AvgIpc) is 2.29. The van der Waals surface area contributed by atoms with Crippen molar-refractivity contribution in [3.05, 3.63) is 35.9 Å². The van der Waals surface area contributed by atoms with Crippen LogP contribution in [0.5, 0.6) is 0 Å². The molecule has 0 saturated heterocycles. The number of amidine groups is 1. The first-order chi connectivity index (χ1) is 8.11. The zero-order valence-electron chi connectivity index (χ0n) is 10.6. The van der Waals surface area contributed by atoms with Gasteiger partial charge in [0.2, 0.25) is 0 Å². The highest BCUT2D eigenvalue weighted by Gasteiger charge is 2.14. The van der Waals surface area contributed by atoms with E-state index in [0.717, 1.165) is 23.0 Å². The normalized spacial score (nSPS) is 12.6. The first-order valence-electron chi connectivity index (χ1n) is 6.08. The fraction of sp³-hybridized carbons (Fsp3) is 0.500. The number of nitrogens with one attached hydrogen (secondary N) is 1. The highest BCUT2D eigenvalue weighted by molar-refractivity contribution is 7.99. The Hall–Kier alpha value is -0.960. The summed E-state index contributed by atoms with van der Waals surface area (Å²) in [5.41, 5.74) is 6.83. The predicted octanol–water partition coefficient (Wildman–Crippen LogP) is 3.49. The number of benzene rings is 1. The molecule has 17 heavy (non-hydrogen) atoms. The van der Waals surface area contributed by atoms with Gasteiger partial charge in [-0.3, -0.25) is 5.41 Å². The van der Waals surface area contributed by atoms with Gasteiger partial charge in [0.15, 0.2) is 0 Å². The molecule has 0 saturated carbocycles. The molecule has 0 amide bonds. The Balaban J connectivity index is 2.48. The molecule has 0 radical (unpaired) electrons. The Morgan fingerprint density at radius 1 is 1.29 bits per heavy atom. The van der Waals surface area contributed by atoms with E-state index in [1.54, 1.807) is 0 Å². The molecule has 0 spiro atoms. The van der Waals surface area contributed by atoms with Crippen LogP contribution in [0, 0.1) is 11.3 Å². The van der Waals surface area contributed by atoms with Crippen LogP contribution in [-0.2, 0) is 0 Å². The van der Waals surface area contributed by atoms with Gasteiger partial charge < -0.3 is 5.73 Å². The van der Waals surface area contributed by atoms with Gasteiger partial charge in [0.25, 0.3) is 0 Å². The number of nitrogens with two attached hydrogens (primary N) is 1. The first-order valence-corrected chi connectivity index (χ1v) is 7.23. The molecule has 1 aromatic carbocycles. The standard InChI is InChI=1S/C14H22N2S/c1-11(2)8-9-17-10-13(14(15)16)12-6-4-3-5-7-12/h3-7,11,13H,8-10H2,1-2H3,(H3,15,16). The van der Waals surface area contributed by atoms with Crippen molar-refractivity contribution < 1.29 is 0 Å². The van der Waals surface area contributed by atoms with Gasteiger partial charge in [0.1, 0.15) is 0 Å². The molecule has 0 aliphatic rings. The number of hydrogen-bond donors (Lipinski definition) is 2. The summed E-state index contributed by atoms with van der Waals surface area (Å²) >= 11 is 1.89. The van der Waals surface area contributed by atoms with Crippen LogP contribution < -0.4 is 5.73 Å². The van der Waals surface area contributed by atoms with E-state index in [0.29, 0.717) is 0 Å². The minimum atomic E-state index is 0.0633. The average molecular weight is 250 g/mol. The summed E-state index contributed by atoms with van der Waals surface area (Å²) in [6.45, 7) is 4.47. The maximum absolute atomic E-state index is 7.67. The van der Waals surface area contributed by atoms with Crippen molar-refractivity contribution in [2.75, 3.05) is 11.5 Å². The van der Waals surface area contributed by atoms with Crippen LogP contribution in [0.2, 0.25) is 0 Å². The molecular formula is C14H22N2S. The summed E-state index contributed by atoms with van der Waals surface area (Å²) in [6, 6.07) is 10.1. The van der Waals surface area contributed by atoms with Crippen molar-refractivity contribution in [2.24, 2.45) is 11.7 Å².